The van der Waals surface area contributed by atoms with E-state index in [-0.39, 0.29) is 18.5 Å². The van der Waals surface area contributed by atoms with Gasteiger partial charge in [-0.3, -0.25) is 0 Å². The summed E-state index contributed by atoms with van der Waals surface area (Å²) in [6.45, 7) is -0.0367. The maximum absolute atomic E-state index is 13.8. The van der Waals surface area contributed by atoms with Gasteiger partial charge in [-0.2, -0.15) is 0 Å². The molecule has 1 nitrogen and oxygen atoms in total. The van der Waals surface area contributed by atoms with Crippen LogP contribution in [0.25, 0.3) is 17.2 Å². The Morgan fingerprint density at radius 1 is 0.594 bits per heavy atom. The second kappa shape index (κ2) is 7.35. The number of hydrogen-bond donors (Lipinski definition) is 1. The van der Waals surface area contributed by atoms with Crippen molar-refractivity contribution in [2.45, 2.75) is 0 Å². The molecule has 0 saturated carbocycles. The zero-order chi connectivity index (χ0) is 21.7. The highest BCUT2D eigenvalue weighted by atomic mass is 19.1. The molecule has 6 rings (SSSR count). The van der Waals surface area contributed by atoms with E-state index in [1.165, 1.54) is 29.7 Å². The number of para-hydroxylation sites is 1. The highest BCUT2D eigenvalue weighted by Crippen LogP contribution is 2.43. The molecule has 2 heterocycles. The molecule has 2 aliphatic rings. The molecule has 0 fully saturated rings. The van der Waals surface area contributed by atoms with Gasteiger partial charge in [0.25, 0.3) is 0 Å². The first-order chi connectivity index (χ1) is 15.7. The lowest BCUT2D eigenvalue weighted by Crippen LogP contribution is -2.46. The van der Waals surface area contributed by atoms with Gasteiger partial charge in [0, 0.05) is 5.69 Å². The van der Waals surface area contributed by atoms with Gasteiger partial charge >= 0.3 is 6.85 Å². The van der Waals surface area contributed by atoms with Crippen molar-refractivity contribution in [3.63, 3.8) is 0 Å². The maximum atomic E-state index is 13.8. The van der Waals surface area contributed by atoms with Crippen LogP contribution in [0.1, 0.15) is 22.3 Å². The van der Waals surface area contributed by atoms with Gasteiger partial charge in [0.2, 0.25) is 0 Å². The standard InChI is InChI=1S/C28H18BF2N/c30-21-13-9-18(10-14-21)27-23-6-2-3-7-24(23)29-25(17-20-5-1-4-8-26(20)32-29)28(27)19-11-15-22(31)16-12-19/h1-17,32H. The molecule has 0 atom stereocenters. The molecule has 0 aliphatic carbocycles. The monoisotopic (exact) mass is 417 g/mol. The summed E-state index contributed by atoms with van der Waals surface area (Å²) in [4.78, 5) is 0. The van der Waals surface area contributed by atoms with Crippen LogP contribution in [-0.2, 0) is 0 Å². The predicted molar refractivity (Wildman–Crippen MR) is 129 cm³/mol. The number of halogens is 2. The third-order valence-corrected chi connectivity index (χ3v) is 6.23. The minimum atomic E-state index is -0.272. The fraction of sp³-hybridized carbons (Fsp3) is 0. The van der Waals surface area contributed by atoms with Crippen LogP contribution in [0.4, 0.5) is 14.5 Å². The lowest BCUT2D eigenvalue weighted by atomic mass is 9.42. The van der Waals surface area contributed by atoms with Gasteiger partial charge in [-0.1, -0.05) is 72.8 Å². The largest absolute Gasteiger partial charge is 0.420 e. The van der Waals surface area contributed by atoms with Crippen LogP contribution >= 0.6 is 0 Å². The first-order valence-electron chi connectivity index (χ1n) is 10.6. The molecule has 0 unspecified atom stereocenters. The minimum absolute atomic E-state index is 0.0367. The zero-order valence-electron chi connectivity index (χ0n) is 17.1. The predicted octanol–water partition coefficient (Wildman–Crippen LogP) is 6.18. The summed E-state index contributed by atoms with van der Waals surface area (Å²) in [5, 5.41) is 3.71. The smallest absolute Gasteiger partial charge is 0.322 e. The van der Waals surface area contributed by atoms with Crippen molar-refractivity contribution in [3.05, 3.63) is 136 Å². The highest BCUT2D eigenvalue weighted by molar-refractivity contribution is 6.87. The molecule has 2 aliphatic heterocycles. The third-order valence-electron chi connectivity index (χ3n) is 6.23. The van der Waals surface area contributed by atoms with Crippen LogP contribution in [0.3, 0.4) is 0 Å². The normalized spacial score (nSPS) is 14.2. The van der Waals surface area contributed by atoms with E-state index >= 15 is 0 Å². The van der Waals surface area contributed by atoms with E-state index in [4.69, 9.17) is 0 Å². The summed E-state index contributed by atoms with van der Waals surface area (Å²) < 4.78 is 27.6. The van der Waals surface area contributed by atoms with Crippen LogP contribution < -0.4 is 10.7 Å². The zero-order valence-corrected chi connectivity index (χ0v) is 17.1. The van der Waals surface area contributed by atoms with E-state index in [1.807, 2.05) is 48.5 Å². The van der Waals surface area contributed by atoms with Crippen LogP contribution in [0.15, 0.2) is 103 Å². The second-order valence-electron chi connectivity index (χ2n) is 8.12. The Balaban J connectivity index is 1.72. The van der Waals surface area contributed by atoms with Gasteiger partial charge in [-0.15, -0.1) is 0 Å². The molecular formula is C28H18BF2N. The van der Waals surface area contributed by atoms with Crippen molar-refractivity contribution in [2.24, 2.45) is 0 Å². The Morgan fingerprint density at radius 2 is 1.19 bits per heavy atom. The lowest BCUT2D eigenvalue weighted by molar-refractivity contribution is 0.627. The van der Waals surface area contributed by atoms with Gasteiger partial charge in [0.05, 0.1) is 0 Å². The molecule has 4 aromatic rings. The summed E-state index contributed by atoms with van der Waals surface area (Å²) in [7, 11) is 0. The summed E-state index contributed by atoms with van der Waals surface area (Å²) in [5.41, 5.74) is 9.47. The SMILES string of the molecule is Fc1ccc(C2=C(c3ccc(F)cc3)c3ccccc3B3Nc4ccccc4C=C32)cc1. The van der Waals surface area contributed by atoms with E-state index < -0.39 is 0 Å². The van der Waals surface area contributed by atoms with Gasteiger partial charge < -0.3 is 5.23 Å². The molecular weight excluding hydrogens is 399 g/mol. The Morgan fingerprint density at radius 3 is 1.91 bits per heavy atom. The molecule has 0 amide bonds. The molecule has 152 valence electrons. The average Bonchev–Trinajstić information content (AvgIpc) is 2.83. The van der Waals surface area contributed by atoms with Crippen LogP contribution in [0.2, 0.25) is 0 Å². The quantitative estimate of drug-likeness (QED) is 0.384. The molecule has 0 bridgehead atoms. The highest BCUT2D eigenvalue weighted by Gasteiger charge is 2.37. The van der Waals surface area contributed by atoms with Gasteiger partial charge in [0.1, 0.15) is 11.6 Å². The minimum Gasteiger partial charge on any atom is -0.420 e. The molecule has 0 spiro atoms. The van der Waals surface area contributed by atoms with Crippen LogP contribution in [0, 0.1) is 11.6 Å². The fourth-order valence-corrected chi connectivity index (χ4v) is 4.80. The third kappa shape index (κ3) is 2.99. The van der Waals surface area contributed by atoms with E-state index in [0.717, 1.165) is 44.6 Å². The molecule has 0 radical (unpaired) electrons. The topological polar surface area (TPSA) is 12.0 Å². The number of allylic oxidation sites excluding steroid dienone is 2. The molecule has 0 aromatic heterocycles. The van der Waals surface area contributed by atoms with E-state index in [2.05, 4.69) is 35.6 Å². The first kappa shape index (κ1) is 18.8. The van der Waals surface area contributed by atoms with Crippen LogP contribution in [-0.4, -0.2) is 6.85 Å². The molecule has 4 aromatic carbocycles. The van der Waals surface area contributed by atoms with Gasteiger partial charge in [-0.25, -0.2) is 8.78 Å². The van der Waals surface area contributed by atoms with E-state index in [0.29, 0.717) is 0 Å². The molecule has 32 heavy (non-hydrogen) atoms. The second-order valence-corrected chi connectivity index (χ2v) is 8.12. The van der Waals surface area contributed by atoms with Crippen molar-refractivity contribution >= 4 is 35.2 Å². The number of benzene rings is 4. The number of fused-ring (bicyclic) bond motifs is 4. The van der Waals surface area contributed by atoms with Crippen molar-refractivity contribution in [1.29, 1.82) is 0 Å². The Bertz CT molecular complexity index is 1400. The Labute approximate surface area is 185 Å². The number of rotatable bonds is 2. The summed E-state index contributed by atoms with van der Waals surface area (Å²) >= 11 is 0. The van der Waals surface area contributed by atoms with Gasteiger partial charge in [-0.05, 0) is 74.7 Å². The number of nitrogens with one attached hydrogen (secondary N) is 1. The maximum Gasteiger partial charge on any atom is 0.322 e. The molecule has 4 heteroatoms. The van der Waals surface area contributed by atoms with Crippen molar-refractivity contribution in [1.82, 2.24) is 0 Å². The van der Waals surface area contributed by atoms with Crippen molar-refractivity contribution in [2.75, 3.05) is 5.23 Å². The van der Waals surface area contributed by atoms with Crippen molar-refractivity contribution < 1.29 is 8.78 Å². The fourth-order valence-electron chi connectivity index (χ4n) is 4.80. The Kier molecular flexibility index (Phi) is 4.32. The first-order valence-corrected chi connectivity index (χ1v) is 10.6. The van der Waals surface area contributed by atoms with E-state index in [1.54, 1.807) is 0 Å². The number of hydrogen-bond acceptors (Lipinski definition) is 1. The summed E-state index contributed by atoms with van der Waals surface area (Å²) in [6, 6.07) is 29.8. The van der Waals surface area contributed by atoms with Crippen molar-refractivity contribution in [3.8, 4) is 0 Å². The summed E-state index contributed by atoms with van der Waals surface area (Å²) in [5.74, 6) is -0.543. The van der Waals surface area contributed by atoms with Crippen LogP contribution in [0.5, 0.6) is 0 Å². The summed E-state index contributed by atoms with van der Waals surface area (Å²) in [6.07, 6.45) is 2.22. The molecule has 1 N–H and O–H groups in total. The molecule has 0 saturated heterocycles. The average molecular weight is 417 g/mol. The lowest BCUT2D eigenvalue weighted by Gasteiger charge is -2.35. The number of anilines is 1. The van der Waals surface area contributed by atoms with E-state index in [9.17, 15) is 8.78 Å². The Hall–Kier alpha value is -3.92. The van der Waals surface area contributed by atoms with Gasteiger partial charge in [0.15, 0.2) is 0 Å².